The predicted molar refractivity (Wildman–Crippen MR) is 257 cm³/mol. The van der Waals surface area contributed by atoms with E-state index in [4.69, 9.17) is 4.42 Å². The van der Waals surface area contributed by atoms with Crippen molar-refractivity contribution in [3.8, 4) is 0 Å². The summed E-state index contributed by atoms with van der Waals surface area (Å²) in [5, 5.41) is 5.00. The summed E-state index contributed by atoms with van der Waals surface area (Å²) in [4.78, 5) is 5.26. The van der Waals surface area contributed by atoms with Gasteiger partial charge in [-0.1, -0.05) is 143 Å². The van der Waals surface area contributed by atoms with Crippen LogP contribution in [0.3, 0.4) is 0 Å². The van der Waals surface area contributed by atoms with E-state index in [-0.39, 0.29) is 33.8 Å². The van der Waals surface area contributed by atoms with Crippen molar-refractivity contribution in [3.63, 3.8) is 0 Å². The molecule has 0 unspecified atom stereocenters. The molecule has 0 saturated carbocycles. The summed E-state index contributed by atoms with van der Waals surface area (Å²) < 4.78 is 7.67. The molecule has 4 heteroatoms. The van der Waals surface area contributed by atoms with Gasteiger partial charge in [0.05, 0.1) is 11.3 Å². The Kier molecular flexibility index (Phi) is 7.68. The average molecular weight is 787 g/mol. The van der Waals surface area contributed by atoms with Crippen molar-refractivity contribution >= 4 is 79.0 Å². The second kappa shape index (κ2) is 12.2. The molecule has 0 saturated heterocycles. The first-order chi connectivity index (χ1) is 28.3. The fourth-order valence-electron chi connectivity index (χ4n) is 11.5. The molecule has 1 aromatic heterocycles. The zero-order chi connectivity index (χ0) is 41.9. The monoisotopic (exact) mass is 786 g/mol. The zero-order valence-electron chi connectivity index (χ0n) is 37.6. The number of anilines is 6. The first-order valence-electron chi connectivity index (χ1n) is 22.5. The van der Waals surface area contributed by atoms with Gasteiger partial charge >= 0.3 is 0 Å². The summed E-state index contributed by atoms with van der Waals surface area (Å²) in [5.74, 6) is 1.16. The first-order valence-corrected chi connectivity index (χ1v) is 22.5. The van der Waals surface area contributed by atoms with Gasteiger partial charge in [-0.3, -0.25) is 0 Å². The third kappa shape index (κ3) is 5.34. The Balaban J connectivity index is 1.30. The lowest BCUT2D eigenvalue weighted by atomic mass is 9.35. The van der Waals surface area contributed by atoms with E-state index in [0.29, 0.717) is 0 Å². The van der Waals surface area contributed by atoms with E-state index in [1.54, 1.807) is 0 Å². The molecule has 4 aliphatic rings. The number of hydrogen-bond acceptors (Lipinski definition) is 3. The lowest BCUT2D eigenvalue weighted by Crippen LogP contribution is -2.61. The Labute approximate surface area is 357 Å². The highest BCUT2D eigenvalue weighted by molar-refractivity contribution is 6.99. The highest BCUT2D eigenvalue weighted by Gasteiger charge is 2.53. The Morgan fingerprint density at radius 2 is 1.07 bits per heavy atom. The highest BCUT2D eigenvalue weighted by Crippen LogP contribution is 2.56. The minimum Gasteiger partial charge on any atom is -0.472 e. The van der Waals surface area contributed by atoms with Gasteiger partial charge in [0, 0.05) is 39.4 Å². The fraction of sp³-hybridized carbons (Fsp3) is 0.357. The molecule has 0 N–H and O–H groups in total. The van der Waals surface area contributed by atoms with Gasteiger partial charge in [-0.25, -0.2) is 0 Å². The van der Waals surface area contributed by atoms with Gasteiger partial charge in [0.25, 0.3) is 6.71 Å². The van der Waals surface area contributed by atoms with Crippen molar-refractivity contribution in [1.82, 2.24) is 0 Å². The van der Waals surface area contributed by atoms with Crippen molar-refractivity contribution in [2.75, 3.05) is 9.80 Å². The summed E-state index contributed by atoms with van der Waals surface area (Å²) in [6.45, 7) is 26.6. The van der Waals surface area contributed by atoms with E-state index in [1.807, 2.05) is 0 Å². The Hall–Kier alpha value is -5.22. The number of furan rings is 1. The summed E-state index contributed by atoms with van der Waals surface area (Å²) in [5.41, 5.74) is 16.7. The second-order valence-corrected chi connectivity index (χ2v) is 22.4. The zero-order valence-corrected chi connectivity index (χ0v) is 37.6. The SMILES string of the molecule is CC(C)(C)c1cc2c3c(c1)N(c1ccc4c(c1)C(C)(C)CCC4(C)C)c1c(oc4c1C(C)(C)CCC4(C)C)B3c1cc3ccccc3cc1N2c1ccc2ccccc2c1. The Bertz CT molecular complexity index is 2950. The Morgan fingerprint density at radius 1 is 0.517 bits per heavy atom. The van der Waals surface area contributed by atoms with Gasteiger partial charge in [-0.2, -0.15) is 0 Å². The molecule has 0 atom stereocenters. The molecule has 3 heterocycles. The van der Waals surface area contributed by atoms with E-state index in [0.717, 1.165) is 24.3 Å². The maximum Gasteiger partial charge on any atom is 0.297 e. The Morgan fingerprint density at radius 3 is 1.75 bits per heavy atom. The minimum absolute atomic E-state index is 0.0681. The van der Waals surface area contributed by atoms with Crippen LogP contribution >= 0.6 is 0 Å². The largest absolute Gasteiger partial charge is 0.472 e. The lowest BCUT2D eigenvalue weighted by Gasteiger charge is -2.46. The van der Waals surface area contributed by atoms with E-state index in [2.05, 4.69) is 195 Å². The van der Waals surface area contributed by atoms with Gasteiger partial charge in [0.2, 0.25) is 0 Å². The molecule has 2 aliphatic carbocycles. The normalized spacial score (nSPS) is 19.1. The smallest absolute Gasteiger partial charge is 0.297 e. The molecule has 0 fully saturated rings. The molecule has 11 rings (SSSR count). The van der Waals surface area contributed by atoms with E-state index < -0.39 is 0 Å². The molecule has 2 aliphatic heterocycles. The summed E-state index contributed by atoms with van der Waals surface area (Å²) in [6.07, 6.45) is 4.57. The molecule has 7 aromatic rings. The van der Waals surface area contributed by atoms with Crippen molar-refractivity contribution < 1.29 is 4.42 Å². The quantitative estimate of drug-likeness (QED) is 0.163. The van der Waals surface area contributed by atoms with Crippen molar-refractivity contribution in [2.45, 2.75) is 129 Å². The van der Waals surface area contributed by atoms with E-state index in [1.165, 1.54) is 102 Å². The van der Waals surface area contributed by atoms with Crippen LogP contribution in [0.4, 0.5) is 34.1 Å². The van der Waals surface area contributed by atoms with Gasteiger partial charge in [0.15, 0.2) is 0 Å². The standard InChI is InChI=1S/C56H59BN2O/c1-52(2,3)38-31-45-48-46(32-38)59(40-22-23-41-42(33-40)54(6,7)25-24-53(41,4)5)49-47-50(56(10,11)27-26-55(47,8)9)60-51(49)57(48)43-29-36-18-14-15-19-37(36)30-44(43)58(45)39-21-20-34-16-12-13-17-35(34)28-39/h12-23,28-33H,24-27H2,1-11H3. The van der Waals surface area contributed by atoms with Crippen molar-refractivity contribution in [3.05, 3.63) is 137 Å². The number of hydrogen-bond donors (Lipinski definition) is 0. The maximum absolute atomic E-state index is 7.67. The van der Waals surface area contributed by atoms with Crippen LogP contribution in [0.2, 0.25) is 0 Å². The summed E-state index contributed by atoms with van der Waals surface area (Å²) >= 11 is 0. The lowest BCUT2D eigenvalue weighted by molar-refractivity contribution is 0.282. The van der Waals surface area contributed by atoms with E-state index >= 15 is 0 Å². The van der Waals surface area contributed by atoms with Crippen LogP contribution in [-0.4, -0.2) is 6.71 Å². The third-order valence-electron chi connectivity index (χ3n) is 15.4. The third-order valence-corrected chi connectivity index (χ3v) is 15.4. The molecule has 0 amide bonds. The maximum atomic E-state index is 7.67. The molecule has 0 radical (unpaired) electrons. The minimum atomic E-state index is -0.107. The molecule has 302 valence electrons. The number of fused-ring (bicyclic) bond motifs is 9. The van der Waals surface area contributed by atoms with Crippen LogP contribution in [0.1, 0.15) is 130 Å². The van der Waals surface area contributed by atoms with Gasteiger partial charge in [0.1, 0.15) is 5.76 Å². The summed E-state index contributed by atoms with van der Waals surface area (Å²) in [6, 6.07) is 42.1. The topological polar surface area (TPSA) is 19.6 Å². The molecule has 0 bridgehead atoms. The first kappa shape index (κ1) is 37.8. The van der Waals surface area contributed by atoms with Gasteiger partial charge in [-0.15, -0.1) is 0 Å². The van der Waals surface area contributed by atoms with Crippen molar-refractivity contribution in [1.29, 1.82) is 0 Å². The van der Waals surface area contributed by atoms with Crippen LogP contribution in [0, 0.1) is 0 Å². The van der Waals surface area contributed by atoms with Crippen LogP contribution in [-0.2, 0) is 27.1 Å². The second-order valence-electron chi connectivity index (χ2n) is 22.4. The number of nitrogens with zero attached hydrogens (tertiary/aromatic N) is 2. The molecular weight excluding hydrogens is 727 g/mol. The van der Waals surface area contributed by atoms with Crippen LogP contribution in [0.15, 0.2) is 114 Å². The number of benzene rings is 6. The molecule has 6 aromatic carbocycles. The van der Waals surface area contributed by atoms with Crippen molar-refractivity contribution in [2.24, 2.45) is 0 Å². The van der Waals surface area contributed by atoms with Crippen LogP contribution in [0.5, 0.6) is 0 Å². The van der Waals surface area contributed by atoms with E-state index in [9.17, 15) is 0 Å². The van der Waals surface area contributed by atoms with Crippen LogP contribution in [0.25, 0.3) is 21.5 Å². The molecule has 0 spiro atoms. The number of rotatable bonds is 2. The molecule has 3 nitrogen and oxygen atoms in total. The van der Waals surface area contributed by atoms with Gasteiger partial charge < -0.3 is 14.2 Å². The highest BCUT2D eigenvalue weighted by atomic mass is 16.3. The predicted octanol–water partition coefficient (Wildman–Crippen LogP) is 13.7. The average Bonchev–Trinajstić information content (AvgIpc) is 3.63. The molecule has 60 heavy (non-hydrogen) atoms. The fourth-order valence-corrected chi connectivity index (χ4v) is 11.5. The summed E-state index contributed by atoms with van der Waals surface area (Å²) in [7, 11) is 0. The molecular formula is C56H59BN2O. The van der Waals surface area contributed by atoms with Crippen LogP contribution < -0.4 is 26.4 Å². The van der Waals surface area contributed by atoms with Gasteiger partial charge in [-0.05, 0) is 139 Å².